The number of aliphatic imine (C=N–C) groups is 1. The first-order valence-corrected chi connectivity index (χ1v) is 5.49. The fourth-order valence-corrected chi connectivity index (χ4v) is 2.77. The van der Waals surface area contributed by atoms with E-state index in [0.29, 0.717) is 0 Å². The number of hydrogen-bond donors (Lipinski definition) is 0. The quantitative estimate of drug-likeness (QED) is 0.640. The Bertz CT molecular complexity index is 605. The first-order valence-electron chi connectivity index (χ1n) is 5.49. The van der Waals surface area contributed by atoms with E-state index >= 15 is 0 Å². The molecule has 0 aromatic carbocycles. The number of pyridine rings is 1. The van der Waals surface area contributed by atoms with Gasteiger partial charge in [0.05, 0.1) is 5.69 Å². The molecule has 16 heavy (non-hydrogen) atoms. The molecule has 2 heteroatoms. The summed E-state index contributed by atoms with van der Waals surface area (Å²) in [6.07, 6.45) is 15.6. The SMILES string of the molecule is C1=Cc2cnc3cc2C2(C=C3)CC=NC=C12. The lowest BCUT2D eigenvalue weighted by atomic mass is 9.65. The highest BCUT2D eigenvalue weighted by molar-refractivity contribution is 5.79. The molecule has 76 valence electrons. The van der Waals surface area contributed by atoms with Gasteiger partial charge in [-0.05, 0) is 28.8 Å². The van der Waals surface area contributed by atoms with Gasteiger partial charge in [0.2, 0.25) is 0 Å². The first-order chi connectivity index (χ1) is 7.88. The summed E-state index contributed by atoms with van der Waals surface area (Å²) in [6, 6.07) is 2.20. The van der Waals surface area contributed by atoms with Crippen LogP contribution in [0.25, 0.3) is 12.2 Å². The van der Waals surface area contributed by atoms with Crippen molar-refractivity contribution in [1.29, 1.82) is 0 Å². The molecule has 1 aromatic heterocycles. The molecule has 1 unspecified atom stereocenters. The number of aromatic nitrogens is 1. The van der Waals surface area contributed by atoms with Crippen molar-refractivity contribution in [2.24, 2.45) is 4.99 Å². The van der Waals surface area contributed by atoms with Crippen LogP contribution in [0.4, 0.5) is 0 Å². The molecular weight excluding hydrogens is 196 g/mol. The zero-order valence-electron chi connectivity index (χ0n) is 8.72. The highest BCUT2D eigenvalue weighted by atomic mass is 14.7. The van der Waals surface area contributed by atoms with Gasteiger partial charge in [-0.3, -0.25) is 9.98 Å². The fraction of sp³-hybridized carbons (Fsp3) is 0.143. The van der Waals surface area contributed by atoms with Gasteiger partial charge < -0.3 is 0 Å². The Kier molecular flexibility index (Phi) is 1.33. The van der Waals surface area contributed by atoms with Crippen LogP contribution in [-0.2, 0) is 5.41 Å². The third-order valence-electron chi connectivity index (χ3n) is 3.67. The monoisotopic (exact) mass is 206 g/mol. The smallest absolute Gasteiger partial charge is 0.0630 e. The molecule has 2 aliphatic carbocycles. The third kappa shape index (κ3) is 0.830. The van der Waals surface area contributed by atoms with E-state index in [2.05, 4.69) is 40.3 Å². The highest BCUT2D eigenvalue weighted by Crippen LogP contribution is 2.46. The maximum absolute atomic E-state index is 4.39. The van der Waals surface area contributed by atoms with E-state index in [1.807, 2.05) is 18.6 Å². The van der Waals surface area contributed by atoms with E-state index in [1.54, 1.807) is 0 Å². The zero-order valence-corrected chi connectivity index (χ0v) is 8.72. The Morgan fingerprint density at radius 3 is 3.19 bits per heavy atom. The number of nitrogens with zero attached hydrogens (tertiary/aromatic N) is 2. The molecule has 3 aliphatic rings. The predicted molar refractivity (Wildman–Crippen MR) is 65.2 cm³/mol. The summed E-state index contributed by atoms with van der Waals surface area (Å²) in [7, 11) is 0. The van der Waals surface area contributed by atoms with Crippen molar-refractivity contribution in [1.82, 2.24) is 4.98 Å². The number of hydrogen-bond acceptors (Lipinski definition) is 2. The van der Waals surface area contributed by atoms with E-state index in [-0.39, 0.29) is 5.41 Å². The average molecular weight is 206 g/mol. The Hall–Kier alpha value is -1.96. The molecule has 0 radical (unpaired) electrons. The van der Waals surface area contributed by atoms with Crippen LogP contribution in [0, 0.1) is 0 Å². The minimum atomic E-state index is 0.0295. The van der Waals surface area contributed by atoms with Crippen LogP contribution in [0.2, 0.25) is 0 Å². The largest absolute Gasteiger partial charge is 0.269 e. The minimum absolute atomic E-state index is 0.0295. The fourth-order valence-electron chi connectivity index (χ4n) is 2.77. The van der Waals surface area contributed by atoms with Gasteiger partial charge in [0, 0.05) is 30.4 Å². The molecule has 4 rings (SSSR count). The second kappa shape index (κ2) is 2.59. The van der Waals surface area contributed by atoms with Gasteiger partial charge >= 0.3 is 0 Å². The van der Waals surface area contributed by atoms with Crippen LogP contribution in [0.15, 0.2) is 41.2 Å². The predicted octanol–water partition coefficient (Wildman–Crippen LogP) is 2.73. The summed E-state index contributed by atoms with van der Waals surface area (Å²) in [6.45, 7) is 0. The van der Waals surface area contributed by atoms with Gasteiger partial charge in [0.15, 0.2) is 0 Å². The lowest BCUT2D eigenvalue weighted by molar-refractivity contribution is 0.658. The topological polar surface area (TPSA) is 25.2 Å². The molecule has 0 N–H and O–H groups in total. The van der Waals surface area contributed by atoms with Crippen molar-refractivity contribution in [3.05, 3.63) is 53.0 Å². The van der Waals surface area contributed by atoms with E-state index in [0.717, 1.165) is 12.1 Å². The van der Waals surface area contributed by atoms with Crippen LogP contribution in [-0.4, -0.2) is 11.2 Å². The van der Waals surface area contributed by atoms with E-state index < -0.39 is 0 Å². The summed E-state index contributed by atoms with van der Waals surface area (Å²) in [5.41, 5.74) is 4.99. The van der Waals surface area contributed by atoms with Crippen LogP contribution in [0.1, 0.15) is 23.2 Å². The molecular formula is C14H10N2. The van der Waals surface area contributed by atoms with Crippen LogP contribution in [0.5, 0.6) is 0 Å². The lowest BCUT2D eigenvalue weighted by Crippen LogP contribution is -2.32. The first kappa shape index (κ1) is 8.22. The summed E-state index contributed by atoms with van der Waals surface area (Å²) in [5, 5.41) is 0. The van der Waals surface area contributed by atoms with E-state index in [1.165, 1.54) is 16.7 Å². The molecule has 1 atom stereocenters. The van der Waals surface area contributed by atoms with Gasteiger partial charge in [-0.25, -0.2) is 0 Å². The zero-order chi connectivity index (χ0) is 10.6. The summed E-state index contributed by atoms with van der Waals surface area (Å²) >= 11 is 0. The van der Waals surface area contributed by atoms with Gasteiger partial charge in [-0.2, -0.15) is 0 Å². The van der Waals surface area contributed by atoms with Crippen molar-refractivity contribution < 1.29 is 0 Å². The van der Waals surface area contributed by atoms with E-state index in [4.69, 9.17) is 0 Å². The van der Waals surface area contributed by atoms with Crippen molar-refractivity contribution in [2.45, 2.75) is 11.8 Å². The second-order valence-electron chi connectivity index (χ2n) is 4.45. The molecule has 0 amide bonds. The second-order valence-corrected chi connectivity index (χ2v) is 4.45. The van der Waals surface area contributed by atoms with Gasteiger partial charge in [-0.1, -0.05) is 18.2 Å². The van der Waals surface area contributed by atoms with Crippen molar-refractivity contribution >= 4 is 18.4 Å². The average Bonchev–Trinajstić information content (AvgIpc) is 2.37. The Labute approximate surface area is 93.7 Å². The molecule has 0 fully saturated rings. The van der Waals surface area contributed by atoms with Crippen molar-refractivity contribution in [3.63, 3.8) is 0 Å². The van der Waals surface area contributed by atoms with Gasteiger partial charge in [0.1, 0.15) is 0 Å². The molecule has 1 aliphatic heterocycles. The summed E-state index contributed by atoms with van der Waals surface area (Å²) in [5.74, 6) is 0. The standard InChI is InChI=1S/C14H10N2/c1-2-11-9-15-6-5-14(11)4-3-12-7-13(14)10(1)8-16-12/h1-4,6-9H,5H2. The summed E-state index contributed by atoms with van der Waals surface area (Å²) < 4.78 is 0. The Morgan fingerprint density at radius 1 is 1.19 bits per heavy atom. The van der Waals surface area contributed by atoms with E-state index in [9.17, 15) is 0 Å². The normalized spacial score (nSPS) is 27.6. The molecule has 2 bridgehead atoms. The summed E-state index contributed by atoms with van der Waals surface area (Å²) in [4.78, 5) is 8.65. The Balaban J connectivity index is 2.11. The lowest BCUT2D eigenvalue weighted by Gasteiger charge is -2.38. The molecule has 1 spiro atoms. The molecule has 2 nitrogen and oxygen atoms in total. The van der Waals surface area contributed by atoms with Crippen LogP contribution in [0.3, 0.4) is 0 Å². The van der Waals surface area contributed by atoms with Crippen LogP contribution < -0.4 is 0 Å². The molecule has 0 saturated carbocycles. The maximum Gasteiger partial charge on any atom is 0.0630 e. The molecule has 2 heterocycles. The molecule has 1 aromatic rings. The Morgan fingerprint density at radius 2 is 2.19 bits per heavy atom. The molecule has 0 saturated heterocycles. The number of allylic oxidation sites excluding steroid dienone is 3. The van der Waals surface area contributed by atoms with Gasteiger partial charge in [-0.15, -0.1) is 0 Å². The third-order valence-corrected chi connectivity index (χ3v) is 3.67. The maximum atomic E-state index is 4.39. The van der Waals surface area contributed by atoms with Crippen molar-refractivity contribution in [2.75, 3.05) is 0 Å². The van der Waals surface area contributed by atoms with Crippen LogP contribution >= 0.6 is 0 Å². The highest BCUT2D eigenvalue weighted by Gasteiger charge is 2.38. The minimum Gasteiger partial charge on any atom is -0.269 e. The number of fused-ring (bicyclic) bond motifs is 1. The van der Waals surface area contributed by atoms with Crippen molar-refractivity contribution in [3.8, 4) is 0 Å². The number of rotatable bonds is 0. The van der Waals surface area contributed by atoms with Gasteiger partial charge in [0.25, 0.3) is 0 Å².